The quantitative estimate of drug-likeness (QED) is 0.712. The summed E-state index contributed by atoms with van der Waals surface area (Å²) in [5, 5.41) is 4.40. The van der Waals surface area contributed by atoms with E-state index in [2.05, 4.69) is 20.3 Å². The van der Waals surface area contributed by atoms with Crippen molar-refractivity contribution in [3.63, 3.8) is 0 Å². The minimum Gasteiger partial charge on any atom is -0.399 e. The van der Waals surface area contributed by atoms with Gasteiger partial charge in [-0.2, -0.15) is 0 Å². The first-order chi connectivity index (χ1) is 9.72. The van der Waals surface area contributed by atoms with Crippen molar-refractivity contribution in [2.24, 2.45) is 0 Å². The second kappa shape index (κ2) is 5.13. The molecule has 0 saturated carbocycles. The molecule has 0 bridgehead atoms. The number of benzene rings is 1. The molecule has 5 heteroatoms. The number of nitrogens with one attached hydrogen (secondary N) is 1. The molecule has 0 spiro atoms. The average molecular weight is 265 g/mol. The van der Waals surface area contributed by atoms with Gasteiger partial charge in [-0.1, -0.05) is 0 Å². The van der Waals surface area contributed by atoms with Gasteiger partial charge < -0.3 is 11.1 Å². The molecule has 1 aromatic carbocycles. The van der Waals surface area contributed by atoms with Crippen molar-refractivity contribution < 1.29 is 0 Å². The van der Waals surface area contributed by atoms with Crippen LogP contribution in [0.5, 0.6) is 0 Å². The van der Waals surface area contributed by atoms with E-state index >= 15 is 0 Å². The zero-order chi connectivity index (χ0) is 13.9. The molecule has 5 nitrogen and oxygen atoms in total. The van der Waals surface area contributed by atoms with Crippen LogP contribution in [0.25, 0.3) is 10.9 Å². The lowest BCUT2D eigenvalue weighted by Gasteiger charge is -2.09. The summed E-state index contributed by atoms with van der Waals surface area (Å²) in [4.78, 5) is 12.9. The van der Waals surface area contributed by atoms with Crippen LogP contribution in [0.3, 0.4) is 0 Å². The molecule has 3 N–H and O–H groups in total. The van der Waals surface area contributed by atoms with Crippen molar-refractivity contribution in [2.75, 3.05) is 11.1 Å². The van der Waals surface area contributed by atoms with Gasteiger partial charge in [0.2, 0.25) is 0 Å². The first kappa shape index (κ1) is 12.3. The van der Waals surface area contributed by atoms with E-state index in [1.54, 1.807) is 18.6 Å². The normalized spacial score (nSPS) is 10.7. The average Bonchev–Trinajstić information content (AvgIpc) is 2.46. The van der Waals surface area contributed by atoms with Crippen LogP contribution in [0.1, 0.15) is 11.4 Å². The van der Waals surface area contributed by atoms with E-state index in [1.165, 1.54) is 0 Å². The lowest BCUT2D eigenvalue weighted by atomic mass is 10.1. The summed E-state index contributed by atoms with van der Waals surface area (Å²) < 4.78 is 0. The van der Waals surface area contributed by atoms with Gasteiger partial charge >= 0.3 is 0 Å². The minimum absolute atomic E-state index is 0.622. The maximum atomic E-state index is 5.77. The number of nitrogen functional groups attached to an aromatic ring is 1. The molecule has 2 aromatic heterocycles. The number of nitrogens with two attached hydrogens (primary N) is 1. The van der Waals surface area contributed by atoms with Crippen LogP contribution in [0.2, 0.25) is 0 Å². The minimum atomic E-state index is 0.622. The number of aryl methyl sites for hydroxylation is 1. The molecule has 0 radical (unpaired) electrons. The topological polar surface area (TPSA) is 76.7 Å². The lowest BCUT2D eigenvalue weighted by Crippen LogP contribution is -2.03. The van der Waals surface area contributed by atoms with Crippen LogP contribution < -0.4 is 11.1 Å². The smallest absolute Gasteiger partial charge is 0.0777 e. The SMILES string of the molecule is Cc1cnc(CNc2ccnc3cc(N)ccc23)cn1. The van der Waals surface area contributed by atoms with E-state index in [-0.39, 0.29) is 0 Å². The summed E-state index contributed by atoms with van der Waals surface area (Å²) in [7, 11) is 0. The zero-order valence-corrected chi connectivity index (χ0v) is 11.2. The molecule has 0 saturated heterocycles. The molecule has 20 heavy (non-hydrogen) atoms. The van der Waals surface area contributed by atoms with Gasteiger partial charge in [0.1, 0.15) is 0 Å². The molecule has 100 valence electrons. The number of hydrogen-bond donors (Lipinski definition) is 2. The fraction of sp³-hybridized carbons (Fsp3) is 0.133. The van der Waals surface area contributed by atoms with E-state index in [0.29, 0.717) is 12.2 Å². The highest BCUT2D eigenvalue weighted by Crippen LogP contribution is 2.23. The second-order valence-corrected chi connectivity index (χ2v) is 4.64. The number of anilines is 2. The Bertz CT molecular complexity index is 737. The zero-order valence-electron chi connectivity index (χ0n) is 11.2. The van der Waals surface area contributed by atoms with Crippen molar-refractivity contribution >= 4 is 22.3 Å². The van der Waals surface area contributed by atoms with Crippen molar-refractivity contribution in [3.05, 3.63) is 54.2 Å². The molecular formula is C15H15N5. The van der Waals surface area contributed by atoms with E-state index in [1.807, 2.05) is 31.2 Å². The summed E-state index contributed by atoms with van der Waals surface area (Å²) in [6, 6.07) is 7.66. The number of fused-ring (bicyclic) bond motifs is 1. The molecular weight excluding hydrogens is 250 g/mol. The lowest BCUT2D eigenvalue weighted by molar-refractivity contribution is 0.985. The van der Waals surface area contributed by atoms with Gasteiger partial charge in [0.05, 0.1) is 29.6 Å². The van der Waals surface area contributed by atoms with Gasteiger partial charge in [-0.15, -0.1) is 0 Å². The fourth-order valence-corrected chi connectivity index (χ4v) is 2.02. The Balaban J connectivity index is 1.85. The highest BCUT2D eigenvalue weighted by molar-refractivity contribution is 5.92. The molecule has 0 unspecified atom stereocenters. The molecule has 0 aliphatic heterocycles. The van der Waals surface area contributed by atoms with Crippen LogP contribution in [0, 0.1) is 6.92 Å². The van der Waals surface area contributed by atoms with E-state index in [4.69, 9.17) is 5.73 Å². The van der Waals surface area contributed by atoms with Crippen LogP contribution in [0.4, 0.5) is 11.4 Å². The molecule has 2 heterocycles. The molecule has 0 atom stereocenters. The number of pyridine rings is 1. The molecule has 3 rings (SSSR count). The van der Waals surface area contributed by atoms with E-state index in [0.717, 1.165) is 28.0 Å². The molecule has 0 amide bonds. The predicted molar refractivity (Wildman–Crippen MR) is 80.3 cm³/mol. The van der Waals surface area contributed by atoms with Gasteiger partial charge in [-0.25, -0.2) is 0 Å². The van der Waals surface area contributed by atoms with E-state index in [9.17, 15) is 0 Å². The third-order valence-electron chi connectivity index (χ3n) is 3.06. The highest BCUT2D eigenvalue weighted by Gasteiger charge is 2.03. The van der Waals surface area contributed by atoms with Gasteiger partial charge in [0.25, 0.3) is 0 Å². The molecule has 3 aromatic rings. The van der Waals surface area contributed by atoms with Gasteiger partial charge in [0.15, 0.2) is 0 Å². The molecule has 0 aliphatic carbocycles. The Morgan fingerprint density at radius 1 is 1.10 bits per heavy atom. The summed E-state index contributed by atoms with van der Waals surface area (Å²) in [5.41, 5.74) is 10.2. The number of nitrogens with zero attached hydrogens (tertiary/aromatic N) is 3. The number of hydrogen-bond acceptors (Lipinski definition) is 5. The Labute approximate surface area is 116 Å². The van der Waals surface area contributed by atoms with Crippen molar-refractivity contribution in [1.82, 2.24) is 15.0 Å². The van der Waals surface area contributed by atoms with Gasteiger partial charge in [0, 0.05) is 29.2 Å². The Hall–Kier alpha value is -2.69. The Morgan fingerprint density at radius 2 is 2.00 bits per heavy atom. The number of aromatic nitrogens is 3. The fourth-order valence-electron chi connectivity index (χ4n) is 2.02. The van der Waals surface area contributed by atoms with Gasteiger partial charge in [-0.05, 0) is 31.2 Å². The standard InChI is InChI=1S/C15H15N5/c1-10-7-19-12(8-18-10)9-20-14-4-5-17-15-6-11(16)2-3-13(14)15/h2-8H,9,16H2,1H3,(H,17,20). The third kappa shape index (κ3) is 2.51. The predicted octanol–water partition coefficient (Wildman–Crippen LogP) is 2.53. The first-order valence-corrected chi connectivity index (χ1v) is 6.38. The van der Waals surface area contributed by atoms with Gasteiger partial charge in [-0.3, -0.25) is 15.0 Å². The summed E-state index contributed by atoms with van der Waals surface area (Å²) in [6.07, 6.45) is 5.32. The maximum Gasteiger partial charge on any atom is 0.0777 e. The monoisotopic (exact) mass is 265 g/mol. The highest BCUT2D eigenvalue weighted by atomic mass is 14.9. The first-order valence-electron chi connectivity index (χ1n) is 6.38. The van der Waals surface area contributed by atoms with Crippen molar-refractivity contribution in [3.8, 4) is 0 Å². The summed E-state index contributed by atoms with van der Waals surface area (Å²) >= 11 is 0. The Morgan fingerprint density at radius 3 is 2.80 bits per heavy atom. The van der Waals surface area contributed by atoms with Crippen LogP contribution >= 0.6 is 0 Å². The number of rotatable bonds is 3. The van der Waals surface area contributed by atoms with Crippen LogP contribution in [-0.4, -0.2) is 15.0 Å². The van der Waals surface area contributed by atoms with Crippen molar-refractivity contribution in [1.29, 1.82) is 0 Å². The van der Waals surface area contributed by atoms with Crippen LogP contribution in [0.15, 0.2) is 42.9 Å². The molecule has 0 fully saturated rings. The molecule has 0 aliphatic rings. The summed E-state index contributed by atoms with van der Waals surface area (Å²) in [6.45, 7) is 2.54. The third-order valence-corrected chi connectivity index (χ3v) is 3.06. The summed E-state index contributed by atoms with van der Waals surface area (Å²) in [5.74, 6) is 0. The maximum absolute atomic E-state index is 5.77. The second-order valence-electron chi connectivity index (χ2n) is 4.64. The van der Waals surface area contributed by atoms with Crippen molar-refractivity contribution in [2.45, 2.75) is 13.5 Å². The van der Waals surface area contributed by atoms with E-state index < -0.39 is 0 Å². The Kier molecular flexibility index (Phi) is 3.16. The van der Waals surface area contributed by atoms with Crippen LogP contribution in [-0.2, 0) is 6.54 Å². The largest absolute Gasteiger partial charge is 0.399 e.